The zero-order chi connectivity index (χ0) is 18.3. The van der Waals surface area contributed by atoms with Crippen molar-refractivity contribution in [3.05, 3.63) is 0 Å². The third-order valence-electron chi connectivity index (χ3n) is 5.56. The maximum absolute atomic E-state index is 12.3. The van der Waals surface area contributed by atoms with Crippen LogP contribution in [0.15, 0.2) is 0 Å². The first-order chi connectivity index (χ1) is 11.8. The average Bonchev–Trinajstić information content (AvgIpc) is 2.55. The van der Waals surface area contributed by atoms with E-state index in [9.17, 15) is 4.79 Å². The highest BCUT2D eigenvalue weighted by Gasteiger charge is 2.36. The van der Waals surface area contributed by atoms with E-state index in [0.29, 0.717) is 11.5 Å². The first-order valence-corrected chi connectivity index (χ1v) is 10.3. The molecule has 0 aromatic rings. The van der Waals surface area contributed by atoms with E-state index in [1.54, 1.807) is 0 Å². The molecule has 2 fully saturated rings. The third kappa shape index (κ3) is 6.78. The van der Waals surface area contributed by atoms with Crippen molar-refractivity contribution in [2.75, 3.05) is 32.7 Å². The van der Waals surface area contributed by atoms with Crippen LogP contribution >= 0.6 is 0 Å². The second-order valence-corrected chi connectivity index (χ2v) is 9.00. The lowest BCUT2D eigenvalue weighted by atomic mass is 9.75. The standard InChI is InChI=1S/C20H39N3O2/c1-5-9-20(16-21-15-17-8-6-7-12-22-17)10-13-23(14-11-20)18(24)25-19(2,3)4/h17,21-22H,5-16H2,1-4H3. The van der Waals surface area contributed by atoms with Gasteiger partial charge in [-0.1, -0.05) is 19.8 Å². The molecule has 0 radical (unpaired) electrons. The Morgan fingerprint density at radius 3 is 2.56 bits per heavy atom. The number of hydrogen-bond donors (Lipinski definition) is 2. The summed E-state index contributed by atoms with van der Waals surface area (Å²) in [6.45, 7) is 13.0. The molecule has 5 heteroatoms. The van der Waals surface area contributed by atoms with Gasteiger partial charge in [0, 0.05) is 32.2 Å². The predicted molar refractivity (Wildman–Crippen MR) is 103 cm³/mol. The summed E-state index contributed by atoms with van der Waals surface area (Å²) >= 11 is 0. The fraction of sp³-hybridized carbons (Fsp3) is 0.950. The normalized spacial score (nSPS) is 24.2. The molecule has 2 N–H and O–H groups in total. The van der Waals surface area contributed by atoms with E-state index in [4.69, 9.17) is 4.74 Å². The number of likely N-dealkylation sites (tertiary alicyclic amines) is 1. The van der Waals surface area contributed by atoms with Gasteiger partial charge in [-0.15, -0.1) is 0 Å². The molecule has 0 spiro atoms. The van der Waals surface area contributed by atoms with Crippen LogP contribution in [-0.4, -0.2) is 55.4 Å². The SMILES string of the molecule is CCCC1(CNCC2CCCCN2)CCN(C(=O)OC(C)(C)C)CC1. The van der Waals surface area contributed by atoms with Crippen molar-refractivity contribution in [3.63, 3.8) is 0 Å². The summed E-state index contributed by atoms with van der Waals surface area (Å²) in [7, 11) is 0. The monoisotopic (exact) mass is 353 g/mol. The molecule has 2 aliphatic heterocycles. The molecule has 146 valence electrons. The highest BCUT2D eigenvalue weighted by Crippen LogP contribution is 2.36. The molecule has 0 aliphatic carbocycles. The molecular formula is C20H39N3O2. The topological polar surface area (TPSA) is 53.6 Å². The van der Waals surface area contributed by atoms with Crippen molar-refractivity contribution in [3.8, 4) is 0 Å². The fourth-order valence-electron chi connectivity index (χ4n) is 4.15. The fourth-order valence-corrected chi connectivity index (χ4v) is 4.15. The molecule has 2 saturated heterocycles. The molecule has 0 saturated carbocycles. The summed E-state index contributed by atoms with van der Waals surface area (Å²) in [6.07, 6.45) is 8.39. The van der Waals surface area contributed by atoms with Gasteiger partial charge in [-0.05, 0) is 64.8 Å². The average molecular weight is 354 g/mol. The van der Waals surface area contributed by atoms with Gasteiger partial charge in [0.25, 0.3) is 0 Å². The van der Waals surface area contributed by atoms with E-state index < -0.39 is 5.60 Å². The number of hydrogen-bond acceptors (Lipinski definition) is 4. The smallest absolute Gasteiger partial charge is 0.410 e. The Labute approximate surface area is 154 Å². The van der Waals surface area contributed by atoms with Gasteiger partial charge in [-0.3, -0.25) is 0 Å². The van der Waals surface area contributed by atoms with Gasteiger partial charge in [-0.2, -0.15) is 0 Å². The zero-order valence-electron chi connectivity index (χ0n) is 16.8. The summed E-state index contributed by atoms with van der Waals surface area (Å²) < 4.78 is 5.53. The van der Waals surface area contributed by atoms with Gasteiger partial charge in [0.15, 0.2) is 0 Å². The summed E-state index contributed by atoms with van der Waals surface area (Å²) in [5, 5.41) is 7.35. The number of amides is 1. The van der Waals surface area contributed by atoms with Crippen LogP contribution < -0.4 is 10.6 Å². The Morgan fingerprint density at radius 1 is 1.28 bits per heavy atom. The Balaban J connectivity index is 1.79. The summed E-state index contributed by atoms with van der Waals surface area (Å²) in [4.78, 5) is 14.2. The zero-order valence-corrected chi connectivity index (χ0v) is 16.8. The largest absolute Gasteiger partial charge is 0.444 e. The number of carbonyl (C=O) groups is 1. The lowest BCUT2D eigenvalue weighted by molar-refractivity contribution is 0.00874. The van der Waals surface area contributed by atoms with Crippen LogP contribution in [-0.2, 0) is 4.74 Å². The van der Waals surface area contributed by atoms with Gasteiger partial charge in [0.2, 0.25) is 0 Å². The van der Waals surface area contributed by atoms with Gasteiger partial charge in [0.05, 0.1) is 0 Å². The Hall–Kier alpha value is -0.810. The molecule has 1 amide bonds. The molecule has 5 nitrogen and oxygen atoms in total. The Bertz CT molecular complexity index is 406. The first-order valence-electron chi connectivity index (χ1n) is 10.3. The molecule has 2 rings (SSSR count). The maximum Gasteiger partial charge on any atom is 0.410 e. The second kappa shape index (κ2) is 9.22. The molecule has 2 heterocycles. The number of ether oxygens (including phenoxy) is 1. The van der Waals surface area contributed by atoms with Gasteiger partial charge < -0.3 is 20.3 Å². The summed E-state index contributed by atoms with van der Waals surface area (Å²) in [5.41, 5.74) is -0.0779. The minimum atomic E-state index is -0.413. The van der Waals surface area contributed by atoms with Gasteiger partial charge in [0.1, 0.15) is 5.60 Å². The lowest BCUT2D eigenvalue weighted by Crippen LogP contribution is -2.50. The number of nitrogens with zero attached hydrogens (tertiary/aromatic N) is 1. The van der Waals surface area contributed by atoms with Crippen molar-refractivity contribution in [1.82, 2.24) is 15.5 Å². The van der Waals surface area contributed by atoms with Crippen LogP contribution in [0.5, 0.6) is 0 Å². The van der Waals surface area contributed by atoms with Crippen molar-refractivity contribution >= 4 is 6.09 Å². The summed E-state index contributed by atoms with van der Waals surface area (Å²) in [5.74, 6) is 0. The molecule has 25 heavy (non-hydrogen) atoms. The highest BCUT2D eigenvalue weighted by molar-refractivity contribution is 5.68. The molecule has 1 atom stereocenters. The van der Waals surface area contributed by atoms with Crippen molar-refractivity contribution in [1.29, 1.82) is 0 Å². The van der Waals surface area contributed by atoms with Gasteiger partial charge in [-0.25, -0.2) is 4.79 Å². The summed E-state index contributed by atoms with van der Waals surface area (Å²) in [6, 6.07) is 0.634. The van der Waals surface area contributed by atoms with E-state index in [-0.39, 0.29) is 6.09 Å². The molecule has 2 aliphatic rings. The van der Waals surface area contributed by atoms with Crippen LogP contribution in [0, 0.1) is 5.41 Å². The van der Waals surface area contributed by atoms with E-state index in [2.05, 4.69) is 17.6 Å². The third-order valence-corrected chi connectivity index (χ3v) is 5.56. The van der Waals surface area contributed by atoms with Crippen molar-refractivity contribution < 1.29 is 9.53 Å². The molecule has 1 unspecified atom stereocenters. The Kier molecular flexibility index (Phi) is 7.56. The molecular weight excluding hydrogens is 314 g/mol. The van der Waals surface area contributed by atoms with E-state index in [1.807, 2.05) is 25.7 Å². The van der Waals surface area contributed by atoms with Crippen LogP contribution in [0.4, 0.5) is 4.79 Å². The highest BCUT2D eigenvalue weighted by atomic mass is 16.6. The minimum absolute atomic E-state index is 0.156. The van der Waals surface area contributed by atoms with Crippen molar-refractivity contribution in [2.24, 2.45) is 5.41 Å². The number of rotatable bonds is 6. The van der Waals surface area contributed by atoms with Crippen LogP contribution in [0.1, 0.15) is 72.6 Å². The second-order valence-electron chi connectivity index (χ2n) is 9.00. The van der Waals surface area contributed by atoms with Crippen LogP contribution in [0.25, 0.3) is 0 Å². The maximum atomic E-state index is 12.3. The van der Waals surface area contributed by atoms with Gasteiger partial charge >= 0.3 is 6.09 Å². The molecule has 0 bridgehead atoms. The van der Waals surface area contributed by atoms with Crippen LogP contribution in [0.2, 0.25) is 0 Å². The lowest BCUT2D eigenvalue weighted by Gasteiger charge is -2.42. The first kappa shape index (κ1) is 20.5. The van der Waals surface area contributed by atoms with E-state index in [0.717, 1.165) is 45.6 Å². The minimum Gasteiger partial charge on any atom is -0.444 e. The van der Waals surface area contributed by atoms with E-state index in [1.165, 1.54) is 32.1 Å². The quantitative estimate of drug-likeness (QED) is 0.767. The van der Waals surface area contributed by atoms with Crippen LogP contribution in [0.3, 0.4) is 0 Å². The molecule has 0 aromatic carbocycles. The van der Waals surface area contributed by atoms with E-state index >= 15 is 0 Å². The molecule has 0 aromatic heterocycles. The predicted octanol–water partition coefficient (Wildman–Crippen LogP) is 3.54. The Morgan fingerprint density at radius 2 is 2.00 bits per heavy atom. The number of carbonyl (C=O) groups excluding carboxylic acids is 1. The van der Waals surface area contributed by atoms with Crippen molar-refractivity contribution in [2.45, 2.75) is 84.3 Å². The number of piperidine rings is 2. The number of nitrogens with one attached hydrogen (secondary N) is 2.